The molecule has 1 aliphatic rings. The van der Waals surface area contributed by atoms with E-state index in [4.69, 9.17) is 4.74 Å². The average Bonchev–Trinajstić information content (AvgIpc) is 3.10. The van der Waals surface area contributed by atoms with Crippen LogP contribution < -0.4 is 10.8 Å². The molecular formula is C23H20BNO6. The van der Waals surface area contributed by atoms with Gasteiger partial charge in [0.25, 0.3) is 0 Å². The van der Waals surface area contributed by atoms with Crippen LogP contribution >= 0.6 is 0 Å². The summed E-state index contributed by atoms with van der Waals surface area (Å²) in [6.07, 6.45) is -0.847. The van der Waals surface area contributed by atoms with Gasteiger partial charge >= 0.3 is 19.2 Å². The predicted molar refractivity (Wildman–Crippen MR) is 115 cm³/mol. The summed E-state index contributed by atoms with van der Waals surface area (Å²) in [6.45, 7) is 0.0713. The Kier molecular flexibility index (Phi) is 5.75. The summed E-state index contributed by atoms with van der Waals surface area (Å²) in [7, 11) is -1.66. The fourth-order valence-corrected chi connectivity index (χ4v) is 3.91. The Bertz CT molecular complexity index is 1070. The van der Waals surface area contributed by atoms with Crippen LogP contribution in [0.3, 0.4) is 0 Å². The molecule has 1 amide bonds. The molecule has 0 aromatic heterocycles. The van der Waals surface area contributed by atoms with Crippen molar-refractivity contribution in [2.24, 2.45) is 0 Å². The lowest BCUT2D eigenvalue weighted by Crippen LogP contribution is -2.35. The molecule has 0 spiro atoms. The van der Waals surface area contributed by atoms with Crippen LogP contribution in [0.4, 0.5) is 4.79 Å². The number of carbonyl (C=O) groups is 2. The zero-order valence-corrected chi connectivity index (χ0v) is 16.4. The Morgan fingerprint density at radius 3 is 1.97 bits per heavy atom. The molecule has 1 aliphatic carbocycles. The van der Waals surface area contributed by atoms with Crippen molar-refractivity contribution in [2.75, 3.05) is 6.61 Å². The Morgan fingerprint density at radius 1 is 0.903 bits per heavy atom. The van der Waals surface area contributed by atoms with E-state index in [1.807, 2.05) is 48.5 Å². The van der Waals surface area contributed by atoms with Crippen LogP contribution in [0.2, 0.25) is 0 Å². The van der Waals surface area contributed by atoms with Crippen molar-refractivity contribution >= 4 is 24.6 Å². The van der Waals surface area contributed by atoms with Crippen molar-refractivity contribution in [3.8, 4) is 11.1 Å². The van der Waals surface area contributed by atoms with Crippen LogP contribution in [0.25, 0.3) is 11.1 Å². The first-order valence-electron chi connectivity index (χ1n) is 9.76. The molecular weight excluding hydrogens is 397 g/mol. The van der Waals surface area contributed by atoms with Gasteiger partial charge in [0.2, 0.25) is 0 Å². The van der Waals surface area contributed by atoms with E-state index in [9.17, 15) is 24.7 Å². The number of hydrogen-bond donors (Lipinski definition) is 4. The molecule has 3 aromatic carbocycles. The van der Waals surface area contributed by atoms with Gasteiger partial charge < -0.3 is 25.2 Å². The second-order valence-corrected chi connectivity index (χ2v) is 7.28. The number of aliphatic carboxylic acids is 1. The molecule has 0 fully saturated rings. The van der Waals surface area contributed by atoms with E-state index in [-0.39, 0.29) is 23.6 Å². The quantitative estimate of drug-likeness (QED) is 0.456. The maximum absolute atomic E-state index is 12.4. The Morgan fingerprint density at radius 2 is 1.45 bits per heavy atom. The smallest absolute Gasteiger partial charge is 0.479 e. The lowest BCUT2D eigenvalue weighted by molar-refractivity contribution is -0.139. The number of carboxylic acids is 1. The fourth-order valence-electron chi connectivity index (χ4n) is 3.91. The Labute approximate surface area is 179 Å². The first-order chi connectivity index (χ1) is 15.0. The van der Waals surface area contributed by atoms with Gasteiger partial charge in [0.1, 0.15) is 6.61 Å². The summed E-state index contributed by atoms with van der Waals surface area (Å²) in [5.41, 5.74) is 4.82. The molecule has 1 atom stereocenters. The second kappa shape index (κ2) is 8.63. The van der Waals surface area contributed by atoms with Gasteiger partial charge in [-0.25, -0.2) is 9.59 Å². The van der Waals surface area contributed by atoms with Crippen molar-refractivity contribution in [1.29, 1.82) is 0 Å². The lowest BCUT2D eigenvalue weighted by atomic mass is 9.80. The van der Waals surface area contributed by atoms with Gasteiger partial charge in [-0.1, -0.05) is 72.8 Å². The van der Waals surface area contributed by atoms with Gasteiger partial charge in [-0.3, -0.25) is 0 Å². The highest BCUT2D eigenvalue weighted by Crippen LogP contribution is 2.44. The molecule has 31 heavy (non-hydrogen) atoms. The number of rotatable bonds is 6. The maximum atomic E-state index is 12.4. The number of carbonyl (C=O) groups excluding carboxylic acids is 1. The van der Waals surface area contributed by atoms with Crippen molar-refractivity contribution in [3.05, 3.63) is 89.5 Å². The van der Waals surface area contributed by atoms with Gasteiger partial charge in [-0.2, -0.15) is 0 Å². The molecule has 0 bridgehead atoms. The van der Waals surface area contributed by atoms with E-state index in [2.05, 4.69) is 5.32 Å². The summed E-state index contributed by atoms with van der Waals surface area (Å²) < 4.78 is 5.41. The van der Waals surface area contributed by atoms with Crippen molar-refractivity contribution < 1.29 is 29.5 Å². The average molecular weight is 417 g/mol. The summed E-state index contributed by atoms with van der Waals surface area (Å²) >= 11 is 0. The van der Waals surface area contributed by atoms with Crippen LogP contribution in [0.5, 0.6) is 0 Å². The molecule has 0 heterocycles. The molecule has 7 nitrogen and oxygen atoms in total. The molecule has 0 saturated heterocycles. The molecule has 4 N–H and O–H groups in total. The molecule has 3 aromatic rings. The number of carboxylic acid groups (broad SMARTS) is 1. The molecule has 0 aliphatic heterocycles. The van der Waals surface area contributed by atoms with Gasteiger partial charge in [-0.05, 0) is 33.3 Å². The van der Waals surface area contributed by atoms with Gasteiger partial charge in [0, 0.05) is 5.92 Å². The molecule has 0 unspecified atom stereocenters. The van der Waals surface area contributed by atoms with Gasteiger partial charge in [-0.15, -0.1) is 0 Å². The molecule has 156 valence electrons. The highest BCUT2D eigenvalue weighted by atomic mass is 16.5. The number of hydrogen-bond acceptors (Lipinski definition) is 5. The fraction of sp³-hybridized carbons (Fsp3) is 0.130. The third-order valence-electron chi connectivity index (χ3n) is 5.42. The summed E-state index contributed by atoms with van der Waals surface area (Å²) in [4.78, 5) is 24.1. The number of benzene rings is 3. The number of alkyl carbamates (subject to hydrolysis) is 1. The second-order valence-electron chi connectivity index (χ2n) is 7.28. The summed E-state index contributed by atoms with van der Waals surface area (Å²) in [5.74, 6) is -1.39. The zero-order chi connectivity index (χ0) is 22.0. The summed E-state index contributed by atoms with van der Waals surface area (Å²) in [5, 5.41) is 30.2. The van der Waals surface area contributed by atoms with E-state index < -0.39 is 25.2 Å². The van der Waals surface area contributed by atoms with Crippen LogP contribution in [0, 0.1) is 0 Å². The number of ether oxygens (including phenoxy) is 1. The largest absolute Gasteiger partial charge is 0.488 e. The van der Waals surface area contributed by atoms with Crippen LogP contribution in [-0.4, -0.2) is 40.9 Å². The van der Waals surface area contributed by atoms with E-state index in [1.54, 1.807) is 0 Å². The Hall–Kier alpha value is -3.62. The van der Waals surface area contributed by atoms with E-state index in [0.717, 1.165) is 22.3 Å². The normalized spacial score (nSPS) is 13.1. The minimum Gasteiger partial charge on any atom is -0.479 e. The number of nitrogens with one attached hydrogen (secondary N) is 1. The van der Waals surface area contributed by atoms with Crippen LogP contribution in [-0.2, 0) is 9.53 Å². The van der Waals surface area contributed by atoms with Crippen molar-refractivity contribution in [1.82, 2.24) is 5.32 Å². The molecule has 0 radical (unpaired) electrons. The monoisotopic (exact) mass is 417 g/mol. The third-order valence-corrected chi connectivity index (χ3v) is 5.42. The SMILES string of the molecule is O=C(N[C@@H](C(=O)O)c1ccc(B(O)O)cc1)OCC1c2ccccc2-c2ccccc21. The molecule has 4 rings (SSSR count). The molecule has 8 heteroatoms. The van der Waals surface area contributed by atoms with E-state index in [1.165, 1.54) is 24.3 Å². The minimum atomic E-state index is -1.66. The van der Waals surface area contributed by atoms with E-state index >= 15 is 0 Å². The van der Waals surface area contributed by atoms with Gasteiger partial charge in [0.05, 0.1) is 0 Å². The van der Waals surface area contributed by atoms with Crippen molar-refractivity contribution in [2.45, 2.75) is 12.0 Å². The van der Waals surface area contributed by atoms with Crippen molar-refractivity contribution in [3.63, 3.8) is 0 Å². The van der Waals surface area contributed by atoms with Crippen LogP contribution in [0.1, 0.15) is 28.7 Å². The van der Waals surface area contributed by atoms with Crippen LogP contribution in [0.15, 0.2) is 72.8 Å². The first-order valence-corrected chi connectivity index (χ1v) is 9.76. The first kappa shape index (κ1) is 20.6. The lowest BCUT2D eigenvalue weighted by Gasteiger charge is -2.18. The minimum absolute atomic E-state index is 0.0713. The molecule has 0 saturated carbocycles. The summed E-state index contributed by atoms with van der Waals surface area (Å²) in [6, 6.07) is 20.1. The third kappa shape index (κ3) is 4.16. The Balaban J connectivity index is 1.46. The highest BCUT2D eigenvalue weighted by Gasteiger charge is 2.30. The standard InChI is InChI=1S/C23H20BNO6/c26-22(27)21(14-9-11-15(12-10-14)24(29)30)25-23(28)31-13-20-18-7-3-1-5-16(18)17-6-2-4-8-19(17)20/h1-12,20-21,29-30H,13H2,(H,25,28)(H,26,27)/t21-/m1/s1. The number of fused-ring (bicyclic) bond motifs is 3. The number of amides is 1. The maximum Gasteiger partial charge on any atom is 0.488 e. The highest BCUT2D eigenvalue weighted by molar-refractivity contribution is 6.58. The van der Waals surface area contributed by atoms with E-state index in [0.29, 0.717) is 0 Å². The topological polar surface area (TPSA) is 116 Å². The van der Waals surface area contributed by atoms with Gasteiger partial charge in [0.15, 0.2) is 6.04 Å². The predicted octanol–water partition coefficient (Wildman–Crippen LogP) is 2.03. The zero-order valence-electron chi connectivity index (χ0n) is 16.4.